The van der Waals surface area contributed by atoms with Crippen molar-refractivity contribution in [3.8, 4) is 0 Å². The second-order valence-electron chi connectivity index (χ2n) is 5.48. The summed E-state index contributed by atoms with van der Waals surface area (Å²) >= 11 is 8.44. The SMILES string of the molecule is CCOC(=O)Cc1csc(NC(=O)Cc2csc(Nc3ccc(Cl)cn3)n2)n1. The zero-order valence-electron chi connectivity index (χ0n) is 14.8. The minimum Gasteiger partial charge on any atom is -0.466 e. The van der Waals surface area contributed by atoms with Gasteiger partial charge in [0.25, 0.3) is 0 Å². The highest BCUT2D eigenvalue weighted by Crippen LogP contribution is 2.21. The quantitative estimate of drug-likeness (QED) is 0.517. The molecule has 0 unspecified atom stereocenters. The molecule has 0 saturated heterocycles. The number of ether oxygens (including phenoxy) is 1. The number of carbonyl (C=O) groups is 2. The predicted octanol–water partition coefficient (Wildman–Crippen LogP) is 3.68. The molecule has 3 heterocycles. The number of thiazole rings is 2. The second kappa shape index (κ2) is 9.58. The van der Waals surface area contributed by atoms with Gasteiger partial charge >= 0.3 is 5.97 Å². The smallest absolute Gasteiger partial charge is 0.311 e. The summed E-state index contributed by atoms with van der Waals surface area (Å²) in [6.45, 7) is 2.07. The molecule has 0 aliphatic carbocycles. The number of rotatable bonds is 8. The van der Waals surface area contributed by atoms with Crippen LogP contribution in [0.3, 0.4) is 0 Å². The number of amides is 1. The first-order valence-electron chi connectivity index (χ1n) is 8.24. The normalized spacial score (nSPS) is 10.5. The molecule has 11 heteroatoms. The van der Waals surface area contributed by atoms with Crippen molar-refractivity contribution in [2.45, 2.75) is 19.8 Å². The van der Waals surface area contributed by atoms with Crippen molar-refractivity contribution in [3.63, 3.8) is 0 Å². The van der Waals surface area contributed by atoms with E-state index in [1.165, 1.54) is 28.9 Å². The average Bonchev–Trinajstić information content (AvgIpc) is 3.26. The number of hydrogen-bond donors (Lipinski definition) is 2. The molecule has 146 valence electrons. The van der Waals surface area contributed by atoms with Crippen LogP contribution >= 0.6 is 34.3 Å². The Morgan fingerprint density at radius 3 is 2.54 bits per heavy atom. The predicted molar refractivity (Wildman–Crippen MR) is 109 cm³/mol. The lowest BCUT2D eigenvalue weighted by molar-refractivity contribution is -0.142. The van der Waals surface area contributed by atoms with Gasteiger partial charge in [-0.3, -0.25) is 9.59 Å². The van der Waals surface area contributed by atoms with Crippen LogP contribution in [-0.2, 0) is 27.2 Å². The van der Waals surface area contributed by atoms with E-state index >= 15 is 0 Å². The van der Waals surface area contributed by atoms with E-state index in [1.54, 1.807) is 29.8 Å². The molecule has 28 heavy (non-hydrogen) atoms. The van der Waals surface area contributed by atoms with E-state index in [-0.39, 0.29) is 24.7 Å². The highest BCUT2D eigenvalue weighted by Gasteiger charge is 2.12. The third-order valence-electron chi connectivity index (χ3n) is 3.28. The summed E-state index contributed by atoms with van der Waals surface area (Å²) in [5, 5.41) is 10.9. The lowest BCUT2D eigenvalue weighted by atomic mass is 10.3. The third kappa shape index (κ3) is 5.98. The summed E-state index contributed by atoms with van der Waals surface area (Å²) in [5.41, 5.74) is 1.19. The van der Waals surface area contributed by atoms with Crippen molar-refractivity contribution >= 4 is 62.2 Å². The molecule has 0 aliphatic heterocycles. The van der Waals surface area contributed by atoms with Gasteiger partial charge in [-0.1, -0.05) is 11.6 Å². The standard InChI is InChI=1S/C17H16ClN5O3S2/c1-2-26-15(25)6-12-9-28-17(21-12)23-14(24)5-11-8-27-16(20-11)22-13-4-3-10(18)7-19-13/h3-4,7-9H,2,5-6H2,1H3,(H,19,20,22)(H,21,23,24). The monoisotopic (exact) mass is 437 g/mol. The van der Waals surface area contributed by atoms with Gasteiger partial charge in [0.2, 0.25) is 5.91 Å². The molecule has 0 bridgehead atoms. The minimum absolute atomic E-state index is 0.0834. The molecule has 0 aliphatic rings. The van der Waals surface area contributed by atoms with E-state index in [1.807, 2.05) is 0 Å². The molecule has 0 fully saturated rings. The van der Waals surface area contributed by atoms with E-state index in [9.17, 15) is 9.59 Å². The molecule has 2 N–H and O–H groups in total. The van der Waals surface area contributed by atoms with Crippen molar-refractivity contribution < 1.29 is 14.3 Å². The first-order valence-corrected chi connectivity index (χ1v) is 10.4. The van der Waals surface area contributed by atoms with Crippen LogP contribution in [-0.4, -0.2) is 33.4 Å². The number of hydrogen-bond acceptors (Lipinski definition) is 9. The summed E-state index contributed by atoms with van der Waals surface area (Å²) in [6, 6.07) is 3.47. The maximum Gasteiger partial charge on any atom is 0.311 e. The molecule has 8 nitrogen and oxygen atoms in total. The van der Waals surface area contributed by atoms with E-state index in [0.29, 0.717) is 39.1 Å². The molecular weight excluding hydrogens is 422 g/mol. The fourth-order valence-corrected chi connectivity index (χ4v) is 3.69. The van der Waals surface area contributed by atoms with Gasteiger partial charge in [-0.15, -0.1) is 22.7 Å². The van der Waals surface area contributed by atoms with Crippen molar-refractivity contribution in [3.05, 3.63) is 45.5 Å². The van der Waals surface area contributed by atoms with Crippen LogP contribution in [0.5, 0.6) is 0 Å². The molecule has 0 radical (unpaired) electrons. The van der Waals surface area contributed by atoms with Crippen molar-refractivity contribution in [1.82, 2.24) is 15.0 Å². The fraction of sp³-hybridized carbons (Fsp3) is 0.235. The van der Waals surface area contributed by atoms with E-state index in [2.05, 4.69) is 25.6 Å². The minimum atomic E-state index is -0.344. The van der Waals surface area contributed by atoms with Crippen molar-refractivity contribution in [1.29, 1.82) is 0 Å². The topological polar surface area (TPSA) is 106 Å². The number of carbonyl (C=O) groups excluding carboxylic acids is 2. The van der Waals surface area contributed by atoms with E-state index < -0.39 is 0 Å². The first-order chi connectivity index (χ1) is 13.5. The summed E-state index contributed by atoms with van der Waals surface area (Å²) in [6.07, 6.45) is 1.73. The van der Waals surface area contributed by atoms with Gasteiger partial charge in [0.15, 0.2) is 10.3 Å². The average molecular weight is 438 g/mol. The van der Waals surface area contributed by atoms with Crippen LogP contribution in [0.1, 0.15) is 18.3 Å². The molecule has 3 aromatic rings. The Labute approximate surface area is 174 Å². The third-order valence-corrected chi connectivity index (χ3v) is 5.12. The van der Waals surface area contributed by atoms with Crippen LogP contribution in [0.4, 0.5) is 16.1 Å². The molecule has 0 saturated carbocycles. The number of pyridine rings is 1. The maximum atomic E-state index is 12.2. The van der Waals surface area contributed by atoms with E-state index in [4.69, 9.17) is 16.3 Å². The molecule has 3 rings (SSSR count). The van der Waals surface area contributed by atoms with E-state index in [0.717, 1.165) is 0 Å². The summed E-state index contributed by atoms with van der Waals surface area (Å²) < 4.78 is 4.88. The van der Waals surface area contributed by atoms with Gasteiger partial charge in [0, 0.05) is 17.0 Å². The fourth-order valence-electron chi connectivity index (χ4n) is 2.14. The lowest BCUT2D eigenvalue weighted by Crippen LogP contribution is -2.14. The Kier molecular flexibility index (Phi) is 6.90. The Morgan fingerprint density at radius 1 is 1.11 bits per heavy atom. The van der Waals surface area contributed by atoms with Gasteiger partial charge in [-0.05, 0) is 19.1 Å². The molecule has 0 atom stereocenters. The van der Waals surface area contributed by atoms with Gasteiger partial charge in [0.1, 0.15) is 5.82 Å². The number of anilines is 3. The van der Waals surface area contributed by atoms with Crippen LogP contribution < -0.4 is 10.6 Å². The molecule has 1 amide bonds. The van der Waals surface area contributed by atoms with Crippen LogP contribution in [0.15, 0.2) is 29.1 Å². The Balaban J connectivity index is 1.51. The Bertz CT molecular complexity index is 958. The van der Waals surface area contributed by atoms with Crippen LogP contribution in [0.25, 0.3) is 0 Å². The number of nitrogens with zero attached hydrogens (tertiary/aromatic N) is 3. The number of halogens is 1. The second-order valence-corrected chi connectivity index (χ2v) is 7.63. The molecule has 0 aromatic carbocycles. The van der Waals surface area contributed by atoms with Crippen molar-refractivity contribution in [2.24, 2.45) is 0 Å². The highest BCUT2D eigenvalue weighted by molar-refractivity contribution is 7.14. The summed E-state index contributed by atoms with van der Waals surface area (Å²) in [7, 11) is 0. The molecule has 3 aromatic heterocycles. The van der Waals surface area contributed by atoms with Crippen LogP contribution in [0.2, 0.25) is 5.02 Å². The molecule has 0 spiro atoms. The number of nitrogens with one attached hydrogen (secondary N) is 2. The Morgan fingerprint density at radius 2 is 1.82 bits per heavy atom. The van der Waals surface area contributed by atoms with Gasteiger partial charge in [0.05, 0.1) is 35.9 Å². The summed E-state index contributed by atoms with van der Waals surface area (Å²) in [5.74, 6) is 0.0357. The van der Waals surface area contributed by atoms with Gasteiger partial charge < -0.3 is 15.4 Å². The largest absolute Gasteiger partial charge is 0.466 e. The van der Waals surface area contributed by atoms with Crippen molar-refractivity contribution in [2.75, 3.05) is 17.2 Å². The number of aromatic nitrogens is 3. The summed E-state index contributed by atoms with van der Waals surface area (Å²) in [4.78, 5) is 36.4. The Hall–Kier alpha value is -2.56. The first kappa shape index (κ1) is 20.2. The maximum absolute atomic E-state index is 12.2. The zero-order valence-corrected chi connectivity index (χ0v) is 17.2. The zero-order chi connectivity index (χ0) is 19.9. The van der Waals surface area contributed by atoms with Crippen LogP contribution in [0, 0.1) is 0 Å². The highest BCUT2D eigenvalue weighted by atomic mass is 35.5. The molecular formula is C17H16ClN5O3S2. The number of esters is 1. The van der Waals surface area contributed by atoms with Gasteiger partial charge in [-0.2, -0.15) is 0 Å². The lowest BCUT2D eigenvalue weighted by Gasteiger charge is -2.01. The van der Waals surface area contributed by atoms with Gasteiger partial charge in [-0.25, -0.2) is 15.0 Å².